The predicted molar refractivity (Wildman–Crippen MR) is 263 cm³/mol. The van der Waals surface area contributed by atoms with Crippen molar-refractivity contribution in [1.29, 1.82) is 0 Å². The minimum atomic E-state index is -1.94. The third kappa shape index (κ3) is 9.80. The van der Waals surface area contributed by atoms with Crippen LogP contribution < -0.4 is 0 Å². The van der Waals surface area contributed by atoms with Crippen LogP contribution in [0.1, 0.15) is 113 Å². The van der Waals surface area contributed by atoms with Crippen LogP contribution in [-0.4, -0.2) is 233 Å². The third-order valence-corrected chi connectivity index (χ3v) is 21.4. The van der Waals surface area contributed by atoms with Crippen molar-refractivity contribution in [2.24, 2.45) is 50.2 Å². The molecule has 9 aliphatic rings. The average Bonchev–Trinajstić information content (AvgIpc) is 3.53. The maximum absolute atomic E-state index is 14.8. The Morgan fingerprint density at radius 2 is 1.00 bits per heavy atom. The minimum absolute atomic E-state index is 0.0768. The van der Waals surface area contributed by atoms with E-state index in [0.717, 1.165) is 38.5 Å². The van der Waals surface area contributed by atoms with Crippen molar-refractivity contribution in [2.75, 3.05) is 26.4 Å². The molecule has 0 aromatic heterocycles. The van der Waals surface area contributed by atoms with Gasteiger partial charge in [-0.25, -0.2) is 0 Å². The first-order valence-electron chi connectivity index (χ1n) is 27.8. The number of aliphatic hydroxyl groups is 14. The van der Waals surface area contributed by atoms with Gasteiger partial charge < -0.3 is 109 Å². The van der Waals surface area contributed by atoms with Gasteiger partial charge in [-0.15, -0.1) is 0 Å². The molecule has 14 N–H and O–H groups in total. The predicted octanol–water partition coefficient (Wildman–Crippen LogP) is -2.04. The standard InChI is InChI=1S/C54H88O23/c1-49(2)14-16-54(48(69)77-46-40(67)37(64)34(61)27(21-57)72-46)17-15-52(6)23(24(54)18-49)8-9-30-51(5)12-11-31(50(3,4)29(51)10-13-53(30,52)7)74-47-41(68)43(76-45-39(66)36(63)33(60)26(20-56)71-45)42(28(22-58)73-47)75-44-38(65)35(62)32(59)25(19-55)70-44/h8,24-47,55-68H,9-22H2,1-7H3/t24-,25+,26+,27+,28+,29-,30+,31-,32+,33-,34+,35-,36-,37-,38+,39+,40+,41+,42+,43+,44-,45-,46-,47-,51-,52+,53+,54-/m0/s1. The molecule has 8 fully saturated rings. The zero-order valence-corrected chi connectivity index (χ0v) is 45.3. The monoisotopic (exact) mass is 1100 g/mol. The van der Waals surface area contributed by atoms with E-state index < -0.39 is 172 Å². The van der Waals surface area contributed by atoms with Crippen LogP contribution in [0, 0.1) is 50.2 Å². The lowest BCUT2D eigenvalue weighted by Gasteiger charge is -2.71. The van der Waals surface area contributed by atoms with E-state index in [1.807, 2.05) is 0 Å². The second-order valence-electron chi connectivity index (χ2n) is 26.3. The van der Waals surface area contributed by atoms with Crippen molar-refractivity contribution < 1.29 is 114 Å². The largest absolute Gasteiger partial charge is 0.432 e. The van der Waals surface area contributed by atoms with Crippen molar-refractivity contribution in [1.82, 2.24) is 0 Å². The molecule has 4 aliphatic heterocycles. The number of fused-ring (bicyclic) bond motifs is 7. The van der Waals surface area contributed by atoms with Gasteiger partial charge in [-0.1, -0.05) is 60.1 Å². The van der Waals surface area contributed by atoms with Gasteiger partial charge in [0.1, 0.15) is 97.7 Å². The van der Waals surface area contributed by atoms with E-state index in [9.17, 15) is 76.3 Å². The Kier molecular flexibility index (Phi) is 17.0. The topological polar surface area (TPSA) is 374 Å². The smallest absolute Gasteiger partial charge is 0.315 e. The number of allylic oxidation sites excluding steroid dienone is 2. The fraction of sp³-hybridized carbons (Fsp3) is 0.944. The van der Waals surface area contributed by atoms with Gasteiger partial charge in [-0.2, -0.15) is 0 Å². The van der Waals surface area contributed by atoms with Crippen molar-refractivity contribution in [3.8, 4) is 0 Å². The highest BCUT2D eigenvalue weighted by Gasteiger charge is 2.70. The summed E-state index contributed by atoms with van der Waals surface area (Å²) in [6.07, 6.45) is -24.7. The zero-order valence-electron chi connectivity index (χ0n) is 45.3. The first kappa shape index (κ1) is 60.0. The Labute approximate surface area is 449 Å². The summed E-state index contributed by atoms with van der Waals surface area (Å²) in [6.45, 7) is 12.8. The summed E-state index contributed by atoms with van der Waals surface area (Å²) in [5, 5.41) is 149. The molecule has 28 atom stereocenters. The molecular formula is C54H88O23. The molecule has 23 heteroatoms. The van der Waals surface area contributed by atoms with Crippen molar-refractivity contribution in [3.05, 3.63) is 11.6 Å². The number of aliphatic hydroxyl groups excluding tert-OH is 14. The van der Waals surface area contributed by atoms with Crippen LogP contribution in [0.25, 0.3) is 0 Å². The van der Waals surface area contributed by atoms with Gasteiger partial charge in [0.25, 0.3) is 0 Å². The SMILES string of the molecule is CC1(C)CC[C@]2(C(=O)O[C@@H]3O[C@H](CO)[C@@H](O)[C@H](O)[C@H]3O)CC[C@]3(C)C(=CC[C@@H]4[C@@]5(C)CC[C@H](O[C@@H]6O[C@H](CO)[C@@H](O[C@@H]7O[C@H](CO)[C@@H](O)[C@H](O)[C@H]7O)[C@H](O[C@@H]7O[C@H](CO)[C@H](O)[C@H](O)[C@H]7O)[C@H]6O)C(C)(C)[C@@H]5CC[C@]43C)[C@@H]2C1. The van der Waals surface area contributed by atoms with Gasteiger partial charge in [-0.05, 0) is 109 Å². The molecule has 4 saturated carbocycles. The summed E-state index contributed by atoms with van der Waals surface area (Å²) in [5.41, 5.74) is -1.14. The molecule has 5 aliphatic carbocycles. The lowest BCUT2D eigenvalue weighted by molar-refractivity contribution is -0.393. The molecule has 0 spiro atoms. The lowest BCUT2D eigenvalue weighted by Crippen LogP contribution is -2.68. The highest BCUT2D eigenvalue weighted by Crippen LogP contribution is 2.76. The lowest BCUT2D eigenvalue weighted by atomic mass is 9.33. The van der Waals surface area contributed by atoms with Gasteiger partial charge in [0.2, 0.25) is 6.29 Å². The van der Waals surface area contributed by atoms with Crippen LogP contribution in [0.15, 0.2) is 11.6 Å². The van der Waals surface area contributed by atoms with E-state index in [1.165, 1.54) is 5.57 Å². The summed E-state index contributed by atoms with van der Waals surface area (Å²) in [7, 11) is 0. The summed E-state index contributed by atoms with van der Waals surface area (Å²) in [6, 6.07) is 0. The Hall–Kier alpha value is -1.63. The highest BCUT2D eigenvalue weighted by atomic mass is 16.8. The first-order chi connectivity index (χ1) is 36.1. The molecule has 0 bridgehead atoms. The van der Waals surface area contributed by atoms with Crippen molar-refractivity contribution in [2.45, 2.75) is 242 Å². The molecule has 0 unspecified atom stereocenters. The van der Waals surface area contributed by atoms with E-state index in [-0.39, 0.29) is 39.4 Å². The molecule has 77 heavy (non-hydrogen) atoms. The van der Waals surface area contributed by atoms with E-state index in [2.05, 4.69) is 54.5 Å². The highest BCUT2D eigenvalue weighted by molar-refractivity contribution is 5.79. The van der Waals surface area contributed by atoms with E-state index in [1.54, 1.807) is 0 Å². The van der Waals surface area contributed by atoms with E-state index in [4.69, 9.17) is 37.9 Å². The molecule has 0 aromatic rings. The Bertz CT molecular complexity index is 2110. The maximum atomic E-state index is 14.8. The summed E-state index contributed by atoms with van der Waals surface area (Å²) < 4.78 is 48.4. The van der Waals surface area contributed by atoms with Crippen molar-refractivity contribution >= 4 is 5.97 Å². The normalized spacial score (nSPS) is 53.4. The average molecular weight is 1110 g/mol. The van der Waals surface area contributed by atoms with Gasteiger partial charge >= 0.3 is 5.97 Å². The molecule has 0 aromatic carbocycles. The molecule has 4 saturated heterocycles. The quantitative estimate of drug-likeness (QED) is 0.0569. The Morgan fingerprint density at radius 3 is 1.55 bits per heavy atom. The second kappa shape index (κ2) is 21.8. The molecule has 0 radical (unpaired) electrons. The summed E-state index contributed by atoms with van der Waals surface area (Å²) in [4.78, 5) is 14.8. The van der Waals surface area contributed by atoms with Crippen LogP contribution in [0.3, 0.4) is 0 Å². The van der Waals surface area contributed by atoms with Gasteiger partial charge in [-0.3, -0.25) is 4.79 Å². The van der Waals surface area contributed by atoms with Crippen molar-refractivity contribution in [3.63, 3.8) is 0 Å². The molecular weight excluding hydrogens is 1020 g/mol. The molecule has 9 rings (SSSR count). The van der Waals surface area contributed by atoms with E-state index >= 15 is 0 Å². The number of hydrogen-bond acceptors (Lipinski definition) is 23. The third-order valence-electron chi connectivity index (χ3n) is 21.4. The van der Waals surface area contributed by atoms with Gasteiger partial charge in [0.15, 0.2) is 18.9 Å². The minimum Gasteiger partial charge on any atom is -0.432 e. The molecule has 23 nitrogen and oxygen atoms in total. The van der Waals surface area contributed by atoms with Gasteiger partial charge in [0, 0.05) is 0 Å². The first-order valence-corrected chi connectivity index (χ1v) is 27.8. The number of carbonyl (C=O) groups is 1. The number of carbonyl (C=O) groups excluding carboxylic acids is 1. The molecule has 442 valence electrons. The molecule has 0 amide bonds. The molecule has 4 heterocycles. The van der Waals surface area contributed by atoms with Crippen LogP contribution in [-0.2, 0) is 42.7 Å². The number of esters is 1. The van der Waals surface area contributed by atoms with Crippen LogP contribution in [0.5, 0.6) is 0 Å². The maximum Gasteiger partial charge on any atom is 0.315 e. The second-order valence-corrected chi connectivity index (χ2v) is 26.3. The Balaban J connectivity index is 0.964. The fourth-order valence-corrected chi connectivity index (χ4v) is 16.5. The zero-order chi connectivity index (χ0) is 56.3. The van der Waals surface area contributed by atoms with Gasteiger partial charge in [0.05, 0.1) is 37.9 Å². The summed E-state index contributed by atoms with van der Waals surface area (Å²) in [5.74, 6) is -0.436. The summed E-state index contributed by atoms with van der Waals surface area (Å²) >= 11 is 0. The number of ether oxygens (including phenoxy) is 8. The Morgan fingerprint density at radius 1 is 0.519 bits per heavy atom. The number of hydrogen-bond donors (Lipinski definition) is 14. The number of rotatable bonds is 12. The van der Waals surface area contributed by atoms with Crippen LogP contribution in [0.2, 0.25) is 0 Å². The fourth-order valence-electron chi connectivity index (χ4n) is 16.5. The van der Waals surface area contributed by atoms with E-state index in [0.29, 0.717) is 25.7 Å². The van der Waals surface area contributed by atoms with Crippen LogP contribution in [0.4, 0.5) is 0 Å². The van der Waals surface area contributed by atoms with Crippen LogP contribution >= 0.6 is 0 Å².